The Morgan fingerprint density at radius 3 is 2.39 bits per heavy atom. The molecule has 0 N–H and O–H groups in total. The summed E-state index contributed by atoms with van der Waals surface area (Å²) in [4.78, 5) is 24.6. The lowest BCUT2D eigenvalue weighted by Gasteiger charge is -2.39. The number of nitrogens with zero attached hydrogens (tertiary/aromatic N) is 4. The van der Waals surface area contributed by atoms with Gasteiger partial charge in [-0.05, 0) is 46.5 Å². The molecule has 2 saturated heterocycles. The van der Waals surface area contributed by atoms with Crippen LogP contribution in [-0.2, 0) is 4.74 Å². The second kappa shape index (κ2) is 5.50. The zero-order valence-corrected chi connectivity index (χ0v) is 13.6. The average Bonchev–Trinajstić information content (AvgIpc) is 3.00. The molecule has 8 nitrogen and oxygen atoms in total. The minimum absolute atomic E-state index is 0.00641. The summed E-state index contributed by atoms with van der Waals surface area (Å²) in [6.07, 6.45) is 5.92. The van der Waals surface area contributed by atoms with Crippen LogP contribution in [0.1, 0.15) is 52.5 Å². The van der Waals surface area contributed by atoms with Crippen molar-refractivity contribution in [2.45, 2.75) is 70.2 Å². The standard InChI is InChI=1S/C15H22N4O4/c1-15(2,3)23-14(20)18-10-4-5-11(18)7-12(6-10)17-9-13(8-16-17)19(21)22/h8-12H,4-7H2,1-3H3/t10-,11+,12?. The van der Waals surface area contributed by atoms with Crippen molar-refractivity contribution >= 4 is 11.8 Å². The smallest absolute Gasteiger partial charge is 0.410 e. The van der Waals surface area contributed by atoms with Crippen molar-refractivity contribution < 1.29 is 14.5 Å². The second-order valence-electron chi connectivity index (χ2n) is 7.33. The highest BCUT2D eigenvalue weighted by atomic mass is 16.6. The van der Waals surface area contributed by atoms with Gasteiger partial charge in [0.25, 0.3) is 0 Å². The molecule has 0 spiro atoms. The zero-order valence-electron chi connectivity index (χ0n) is 13.6. The van der Waals surface area contributed by atoms with Crippen LogP contribution in [0, 0.1) is 10.1 Å². The number of hydrogen-bond donors (Lipinski definition) is 0. The lowest BCUT2D eigenvalue weighted by Crippen LogP contribution is -2.48. The van der Waals surface area contributed by atoms with E-state index in [4.69, 9.17) is 4.74 Å². The number of rotatable bonds is 2. The number of aromatic nitrogens is 2. The van der Waals surface area contributed by atoms with Crippen LogP contribution in [0.15, 0.2) is 12.4 Å². The Kier molecular flexibility index (Phi) is 3.77. The molecule has 2 fully saturated rings. The molecule has 23 heavy (non-hydrogen) atoms. The first-order chi connectivity index (χ1) is 10.7. The van der Waals surface area contributed by atoms with Crippen molar-refractivity contribution in [3.63, 3.8) is 0 Å². The summed E-state index contributed by atoms with van der Waals surface area (Å²) < 4.78 is 7.19. The first-order valence-corrected chi connectivity index (χ1v) is 7.94. The lowest BCUT2D eigenvalue weighted by atomic mass is 9.98. The third-order valence-electron chi connectivity index (χ3n) is 4.49. The molecule has 126 valence electrons. The largest absolute Gasteiger partial charge is 0.444 e. The van der Waals surface area contributed by atoms with E-state index in [9.17, 15) is 14.9 Å². The van der Waals surface area contributed by atoms with Crippen LogP contribution < -0.4 is 0 Å². The predicted octanol–water partition coefficient (Wildman–Crippen LogP) is 2.89. The first kappa shape index (κ1) is 15.8. The average molecular weight is 322 g/mol. The number of carbonyl (C=O) groups excluding carboxylic acids is 1. The van der Waals surface area contributed by atoms with E-state index in [1.54, 1.807) is 4.68 Å². The van der Waals surface area contributed by atoms with Crippen LogP contribution in [0.25, 0.3) is 0 Å². The van der Waals surface area contributed by atoms with E-state index >= 15 is 0 Å². The van der Waals surface area contributed by atoms with Gasteiger partial charge in [-0.3, -0.25) is 14.8 Å². The molecule has 2 aliphatic rings. The van der Waals surface area contributed by atoms with Gasteiger partial charge in [0.1, 0.15) is 18.0 Å². The molecule has 8 heteroatoms. The third kappa shape index (κ3) is 3.16. The fourth-order valence-corrected chi connectivity index (χ4v) is 3.60. The van der Waals surface area contributed by atoms with E-state index in [0.29, 0.717) is 0 Å². The molecule has 1 unspecified atom stereocenters. The van der Waals surface area contributed by atoms with Gasteiger partial charge in [-0.15, -0.1) is 0 Å². The summed E-state index contributed by atoms with van der Waals surface area (Å²) in [5.41, 5.74) is -0.498. The Hall–Kier alpha value is -2.12. The number of hydrogen-bond acceptors (Lipinski definition) is 5. The van der Waals surface area contributed by atoms with E-state index in [2.05, 4.69) is 5.10 Å². The van der Waals surface area contributed by atoms with E-state index in [1.165, 1.54) is 12.4 Å². The highest BCUT2D eigenvalue weighted by molar-refractivity contribution is 5.69. The molecule has 0 radical (unpaired) electrons. The van der Waals surface area contributed by atoms with Crippen LogP contribution in [0.2, 0.25) is 0 Å². The molecular weight excluding hydrogens is 300 g/mol. The Morgan fingerprint density at radius 2 is 1.91 bits per heavy atom. The summed E-state index contributed by atoms with van der Waals surface area (Å²) >= 11 is 0. The Bertz CT molecular complexity index is 607. The summed E-state index contributed by atoms with van der Waals surface area (Å²) in [5, 5.41) is 14.9. The monoisotopic (exact) mass is 322 g/mol. The molecule has 2 bridgehead atoms. The van der Waals surface area contributed by atoms with Crippen molar-refractivity contribution in [3.8, 4) is 0 Å². The summed E-state index contributed by atoms with van der Waals surface area (Å²) in [7, 11) is 0. The van der Waals surface area contributed by atoms with Gasteiger partial charge in [-0.25, -0.2) is 4.79 Å². The number of carbonyl (C=O) groups is 1. The Morgan fingerprint density at radius 1 is 1.30 bits per heavy atom. The van der Waals surface area contributed by atoms with Gasteiger partial charge in [0.15, 0.2) is 0 Å². The van der Waals surface area contributed by atoms with Crippen molar-refractivity contribution in [2.75, 3.05) is 0 Å². The first-order valence-electron chi connectivity index (χ1n) is 7.94. The second-order valence-corrected chi connectivity index (χ2v) is 7.33. The number of nitro groups is 1. The van der Waals surface area contributed by atoms with Gasteiger partial charge in [0.2, 0.25) is 0 Å². The molecule has 1 aromatic heterocycles. The van der Waals surface area contributed by atoms with E-state index in [0.717, 1.165) is 25.7 Å². The molecule has 0 aliphatic carbocycles. The quantitative estimate of drug-likeness (QED) is 0.617. The third-order valence-corrected chi connectivity index (χ3v) is 4.49. The van der Waals surface area contributed by atoms with Gasteiger partial charge >= 0.3 is 11.8 Å². The van der Waals surface area contributed by atoms with Gasteiger partial charge in [0.05, 0.1) is 11.0 Å². The van der Waals surface area contributed by atoms with Gasteiger partial charge < -0.3 is 9.64 Å². The van der Waals surface area contributed by atoms with E-state index < -0.39 is 10.5 Å². The van der Waals surface area contributed by atoms with Crippen molar-refractivity contribution in [3.05, 3.63) is 22.5 Å². The molecule has 3 rings (SSSR count). The maximum absolute atomic E-state index is 12.4. The van der Waals surface area contributed by atoms with Gasteiger partial charge in [-0.2, -0.15) is 5.10 Å². The molecule has 3 heterocycles. The molecule has 0 saturated carbocycles. The zero-order chi connectivity index (χ0) is 16.8. The van der Waals surface area contributed by atoms with E-state index in [-0.39, 0.29) is 29.9 Å². The summed E-state index contributed by atoms with van der Waals surface area (Å²) in [5.74, 6) is 0. The molecular formula is C15H22N4O4. The number of amides is 1. The number of ether oxygens (including phenoxy) is 1. The normalized spacial score (nSPS) is 27.1. The fourth-order valence-electron chi connectivity index (χ4n) is 3.60. The number of piperidine rings is 1. The Balaban J connectivity index is 1.71. The van der Waals surface area contributed by atoms with Gasteiger partial charge in [-0.1, -0.05) is 0 Å². The highest BCUT2D eigenvalue weighted by Gasteiger charge is 2.45. The minimum atomic E-state index is -0.504. The SMILES string of the molecule is CC(C)(C)OC(=O)N1[C@@H]2CC[C@H]1CC(n1cc([N+](=O)[O-])cn1)C2. The van der Waals surface area contributed by atoms with Crippen LogP contribution >= 0.6 is 0 Å². The molecule has 2 aliphatic heterocycles. The predicted molar refractivity (Wildman–Crippen MR) is 82.0 cm³/mol. The molecule has 3 atom stereocenters. The summed E-state index contributed by atoms with van der Waals surface area (Å²) in [6.45, 7) is 5.59. The van der Waals surface area contributed by atoms with Crippen molar-refractivity contribution in [1.29, 1.82) is 0 Å². The lowest BCUT2D eigenvalue weighted by molar-refractivity contribution is -0.385. The van der Waals surface area contributed by atoms with Crippen LogP contribution in [-0.4, -0.2) is 43.4 Å². The fraction of sp³-hybridized carbons (Fsp3) is 0.733. The van der Waals surface area contributed by atoms with Crippen molar-refractivity contribution in [1.82, 2.24) is 14.7 Å². The topological polar surface area (TPSA) is 90.5 Å². The number of fused-ring (bicyclic) bond motifs is 2. The van der Waals surface area contributed by atoms with Crippen LogP contribution in [0.5, 0.6) is 0 Å². The van der Waals surface area contributed by atoms with Crippen molar-refractivity contribution in [2.24, 2.45) is 0 Å². The van der Waals surface area contributed by atoms with Crippen LogP contribution in [0.3, 0.4) is 0 Å². The molecule has 0 aromatic carbocycles. The minimum Gasteiger partial charge on any atom is -0.444 e. The maximum atomic E-state index is 12.4. The van der Waals surface area contributed by atoms with E-state index in [1.807, 2.05) is 25.7 Å². The molecule has 1 amide bonds. The summed E-state index contributed by atoms with van der Waals surface area (Å²) in [6, 6.07) is 0.341. The Labute approximate surface area is 134 Å². The maximum Gasteiger partial charge on any atom is 0.410 e. The highest BCUT2D eigenvalue weighted by Crippen LogP contribution is 2.41. The van der Waals surface area contributed by atoms with Gasteiger partial charge in [0, 0.05) is 12.1 Å². The van der Waals surface area contributed by atoms with Crippen LogP contribution in [0.4, 0.5) is 10.5 Å². The molecule has 1 aromatic rings.